The Morgan fingerprint density at radius 1 is 1.36 bits per heavy atom. The van der Waals surface area contributed by atoms with E-state index in [1.165, 1.54) is 0 Å². The van der Waals surface area contributed by atoms with Crippen LogP contribution < -0.4 is 11.1 Å². The third-order valence-electron chi connectivity index (χ3n) is 4.60. The van der Waals surface area contributed by atoms with E-state index in [0.717, 1.165) is 11.4 Å². The van der Waals surface area contributed by atoms with Crippen LogP contribution in [0, 0.1) is 5.92 Å². The third kappa shape index (κ3) is 4.06. The van der Waals surface area contributed by atoms with Crippen LogP contribution in [0.2, 0.25) is 0 Å². The number of aryl methyl sites for hydroxylation is 1. The van der Waals surface area contributed by atoms with Crippen molar-refractivity contribution < 1.29 is 9.59 Å². The maximum atomic E-state index is 12.6. The minimum Gasteiger partial charge on any atom is -0.369 e. The van der Waals surface area contributed by atoms with Gasteiger partial charge in [0.25, 0.3) is 0 Å². The number of benzene rings is 1. The molecule has 2 aromatic rings. The van der Waals surface area contributed by atoms with Crippen molar-refractivity contribution >= 4 is 11.8 Å². The second-order valence-corrected chi connectivity index (χ2v) is 6.43. The van der Waals surface area contributed by atoms with Gasteiger partial charge in [0.2, 0.25) is 11.8 Å². The predicted octanol–water partition coefficient (Wildman–Crippen LogP) is 0.433. The molecule has 132 valence electrons. The molecule has 0 unspecified atom stereocenters. The van der Waals surface area contributed by atoms with Crippen molar-refractivity contribution in [1.29, 1.82) is 0 Å². The van der Waals surface area contributed by atoms with Gasteiger partial charge in [-0.25, -0.2) is 4.98 Å². The summed E-state index contributed by atoms with van der Waals surface area (Å²) >= 11 is 0. The Balaban J connectivity index is 1.70. The minimum atomic E-state index is -0.316. The van der Waals surface area contributed by atoms with Gasteiger partial charge >= 0.3 is 0 Å². The van der Waals surface area contributed by atoms with Gasteiger partial charge in [0.15, 0.2) is 0 Å². The molecule has 0 saturated carbocycles. The molecule has 25 heavy (non-hydrogen) atoms. The topological polar surface area (TPSA) is 93.2 Å². The monoisotopic (exact) mass is 341 g/mol. The number of carbonyl (C=O) groups is 2. The average Bonchev–Trinajstić information content (AvgIpc) is 3.23. The van der Waals surface area contributed by atoms with Crippen LogP contribution in [0.4, 0.5) is 0 Å². The van der Waals surface area contributed by atoms with Crippen LogP contribution in [0.1, 0.15) is 23.9 Å². The van der Waals surface area contributed by atoms with Crippen molar-refractivity contribution in [3.05, 3.63) is 54.1 Å². The van der Waals surface area contributed by atoms with E-state index in [9.17, 15) is 9.59 Å². The highest BCUT2D eigenvalue weighted by atomic mass is 16.2. The minimum absolute atomic E-state index is 0.0954. The Morgan fingerprint density at radius 2 is 2.12 bits per heavy atom. The van der Waals surface area contributed by atoms with Gasteiger partial charge in [-0.05, 0) is 18.5 Å². The number of rotatable bonds is 6. The Kier molecular flexibility index (Phi) is 5.14. The maximum Gasteiger partial charge on any atom is 0.235 e. The molecule has 0 radical (unpaired) electrons. The fraction of sp³-hybridized carbons (Fsp3) is 0.389. The summed E-state index contributed by atoms with van der Waals surface area (Å²) in [4.78, 5) is 30.2. The average molecular weight is 341 g/mol. The van der Waals surface area contributed by atoms with Crippen LogP contribution in [0.25, 0.3) is 0 Å². The van der Waals surface area contributed by atoms with Gasteiger partial charge in [0, 0.05) is 26.0 Å². The van der Waals surface area contributed by atoms with Gasteiger partial charge in [-0.15, -0.1) is 0 Å². The van der Waals surface area contributed by atoms with E-state index in [1.807, 2.05) is 53.0 Å². The number of hydrogen-bond acceptors (Lipinski definition) is 4. The first-order valence-corrected chi connectivity index (χ1v) is 8.38. The zero-order chi connectivity index (χ0) is 17.8. The molecule has 2 amide bonds. The Labute approximate surface area is 146 Å². The molecule has 0 aliphatic carbocycles. The van der Waals surface area contributed by atoms with Gasteiger partial charge in [0.05, 0.1) is 12.5 Å². The number of imidazole rings is 1. The molecule has 1 aromatic carbocycles. The summed E-state index contributed by atoms with van der Waals surface area (Å²) in [5.41, 5.74) is 6.32. The SMILES string of the molecule is Cn1ccnc1[C@H](NC(=O)CN1CC[C@@H](C(N)=O)C1)c1ccccc1. The van der Waals surface area contributed by atoms with Crippen LogP contribution in [-0.4, -0.2) is 45.9 Å². The number of nitrogens with zero attached hydrogens (tertiary/aromatic N) is 3. The lowest BCUT2D eigenvalue weighted by Crippen LogP contribution is -2.39. The summed E-state index contributed by atoms with van der Waals surface area (Å²) in [6, 6.07) is 9.44. The van der Waals surface area contributed by atoms with Gasteiger partial charge < -0.3 is 15.6 Å². The normalized spacial score (nSPS) is 18.8. The van der Waals surface area contributed by atoms with Crippen LogP contribution in [0.15, 0.2) is 42.7 Å². The summed E-state index contributed by atoms with van der Waals surface area (Å²) in [6.45, 7) is 1.50. The fourth-order valence-electron chi connectivity index (χ4n) is 3.22. The zero-order valence-corrected chi connectivity index (χ0v) is 14.3. The van der Waals surface area contributed by atoms with E-state index in [-0.39, 0.29) is 30.3 Å². The molecule has 2 atom stereocenters. The van der Waals surface area contributed by atoms with Crippen molar-refractivity contribution in [2.45, 2.75) is 12.5 Å². The van der Waals surface area contributed by atoms with E-state index in [2.05, 4.69) is 10.3 Å². The fourth-order valence-corrected chi connectivity index (χ4v) is 3.22. The molecule has 1 aliphatic rings. The lowest BCUT2D eigenvalue weighted by atomic mass is 10.1. The van der Waals surface area contributed by atoms with E-state index in [4.69, 9.17) is 5.73 Å². The molecule has 1 saturated heterocycles. The van der Waals surface area contributed by atoms with E-state index >= 15 is 0 Å². The summed E-state index contributed by atoms with van der Waals surface area (Å²) in [7, 11) is 1.91. The van der Waals surface area contributed by atoms with Crippen LogP contribution in [0.3, 0.4) is 0 Å². The molecule has 2 heterocycles. The Bertz CT molecular complexity index is 743. The molecular formula is C18H23N5O2. The van der Waals surface area contributed by atoms with Gasteiger partial charge in [0.1, 0.15) is 11.9 Å². The first-order chi connectivity index (χ1) is 12.0. The van der Waals surface area contributed by atoms with Crippen molar-refractivity contribution in [2.24, 2.45) is 18.7 Å². The number of nitrogens with two attached hydrogens (primary N) is 1. The van der Waals surface area contributed by atoms with Gasteiger partial charge in [-0.2, -0.15) is 0 Å². The van der Waals surface area contributed by atoms with Gasteiger partial charge in [-0.3, -0.25) is 14.5 Å². The quantitative estimate of drug-likeness (QED) is 0.797. The number of likely N-dealkylation sites (tertiary alicyclic amines) is 1. The van der Waals surface area contributed by atoms with E-state index in [0.29, 0.717) is 19.5 Å². The first-order valence-electron chi connectivity index (χ1n) is 8.38. The molecule has 3 rings (SSSR count). The number of aromatic nitrogens is 2. The van der Waals surface area contributed by atoms with Crippen molar-refractivity contribution in [1.82, 2.24) is 19.8 Å². The highest BCUT2D eigenvalue weighted by Crippen LogP contribution is 2.20. The lowest BCUT2D eigenvalue weighted by molar-refractivity contribution is -0.124. The van der Waals surface area contributed by atoms with Gasteiger partial charge in [-0.1, -0.05) is 30.3 Å². The summed E-state index contributed by atoms with van der Waals surface area (Å²) in [6.07, 6.45) is 4.29. The first kappa shape index (κ1) is 17.2. The van der Waals surface area contributed by atoms with Crippen LogP contribution >= 0.6 is 0 Å². The number of hydrogen-bond donors (Lipinski definition) is 2. The summed E-state index contributed by atoms with van der Waals surface area (Å²) in [5, 5.41) is 3.07. The second kappa shape index (κ2) is 7.48. The molecule has 1 aliphatic heterocycles. The second-order valence-electron chi connectivity index (χ2n) is 6.43. The van der Waals surface area contributed by atoms with Crippen molar-refractivity contribution in [2.75, 3.05) is 19.6 Å². The number of carbonyl (C=O) groups excluding carboxylic acids is 2. The zero-order valence-electron chi connectivity index (χ0n) is 14.3. The Hall–Kier alpha value is -2.67. The smallest absolute Gasteiger partial charge is 0.235 e. The van der Waals surface area contributed by atoms with Crippen molar-refractivity contribution in [3.8, 4) is 0 Å². The Morgan fingerprint density at radius 3 is 2.72 bits per heavy atom. The molecular weight excluding hydrogens is 318 g/mol. The largest absolute Gasteiger partial charge is 0.369 e. The van der Waals surface area contributed by atoms with E-state index < -0.39 is 0 Å². The van der Waals surface area contributed by atoms with E-state index in [1.54, 1.807) is 6.20 Å². The molecule has 1 aromatic heterocycles. The molecule has 1 fully saturated rings. The molecule has 7 heteroatoms. The maximum absolute atomic E-state index is 12.6. The van der Waals surface area contributed by atoms with Crippen molar-refractivity contribution in [3.63, 3.8) is 0 Å². The van der Waals surface area contributed by atoms with Crippen LogP contribution in [0.5, 0.6) is 0 Å². The van der Waals surface area contributed by atoms with Crippen LogP contribution in [-0.2, 0) is 16.6 Å². The third-order valence-corrected chi connectivity index (χ3v) is 4.60. The lowest BCUT2D eigenvalue weighted by Gasteiger charge is -2.21. The number of primary amides is 1. The molecule has 7 nitrogen and oxygen atoms in total. The highest BCUT2D eigenvalue weighted by Gasteiger charge is 2.28. The number of amides is 2. The number of nitrogens with one attached hydrogen (secondary N) is 1. The predicted molar refractivity (Wildman–Crippen MR) is 93.4 cm³/mol. The standard InChI is InChI=1S/C18H23N5O2/c1-22-10-8-20-18(22)16(13-5-3-2-4-6-13)21-15(24)12-23-9-7-14(11-23)17(19)25/h2-6,8,10,14,16H,7,9,11-12H2,1H3,(H2,19,25)(H,21,24)/t14-,16-/m1/s1. The summed E-state index contributed by atoms with van der Waals surface area (Å²) < 4.78 is 1.90. The molecule has 3 N–H and O–H groups in total. The molecule has 0 spiro atoms. The highest BCUT2D eigenvalue weighted by molar-refractivity contribution is 5.80. The summed E-state index contributed by atoms with van der Waals surface area (Å²) in [5.74, 6) is 0.225. The molecule has 0 bridgehead atoms.